The van der Waals surface area contributed by atoms with Gasteiger partial charge >= 0.3 is 0 Å². The number of carbonyl (C=O) groups excluding carboxylic acids is 1. The predicted molar refractivity (Wildman–Crippen MR) is 65.1 cm³/mol. The largest absolute Gasteiger partial charge is 0.327 e. The molecule has 0 saturated heterocycles. The molecule has 3 N–H and O–H groups in total. The van der Waals surface area contributed by atoms with Gasteiger partial charge in [0.1, 0.15) is 5.82 Å². The summed E-state index contributed by atoms with van der Waals surface area (Å²) in [5.74, 6) is 0.521. The second kappa shape index (κ2) is 6.23. The van der Waals surface area contributed by atoms with Crippen LogP contribution in [0.1, 0.15) is 31.7 Å². The van der Waals surface area contributed by atoms with Crippen molar-refractivity contribution < 1.29 is 4.79 Å². The van der Waals surface area contributed by atoms with Gasteiger partial charge in [0.25, 0.3) is 0 Å². The first-order valence-corrected chi connectivity index (χ1v) is 5.60. The smallest absolute Gasteiger partial charge is 0.227 e. The minimum Gasteiger partial charge on any atom is -0.327 e. The lowest BCUT2D eigenvalue weighted by atomic mass is 10.1. The molecule has 1 amide bonds. The molecule has 0 aliphatic rings. The van der Waals surface area contributed by atoms with Crippen molar-refractivity contribution in [1.29, 1.82) is 0 Å². The standard InChI is InChI=1S/C12H19N3O/c1-3-4-10(13)8-12(16)15-11-7-9(2)5-6-14-11/h5-7,10H,3-4,8,13H2,1-2H3,(H,14,15,16). The van der Waals surface area contributed by atoms with Gasteiger partial charge < -0.3 is 11.1 Å². The maximum absolute atomic E-state index is 11.6. The number of rotatable bonds is 5. The summed E-state index contributed by atoms with van der Waals surface area (Å²) >= 11 is 0. The monoisotopic (exact) mass is 221 g/mol. The summed E-state index contributed by atoms with van der Waals surface area (Å²) < 4.78 is 0. The summed E-state index contributed by atoms with van der Waals surface area (Å²) in [6.45, 7) is 4.01. The first-order valence-electron chi connectivity index (χ1n) is 5.60. The van der Waals surface area contributed by atoms with Crippen molar-refractivity contribution in [3.8, 4) is 0 Å². The molecule has 0 radical (unpaired) electrons. The zero-order chi connectivity index (χ0) is 12.0. The third-order valence-corrected chi connectivity index (χ3v) is 2.29. The normalized spacial score (nSPS) is 12.2. The van der Waals surface area contributed by atoms with Gasteiger partial charge in [0.15, 0.2) is 0 Å². The van der Waals surface area contributed by atoms with E-state index in [1.54, 1.807) is 6.20 Å². The average Bonchev–Trinajstić information content (AvgIpc) is 2.17. The molecule has 0 aliphatic carbocycles. The highest BCUT2D eigenvalue weighted by Crippen LogP contribution is 2.07. The molecular weight excluding hydrogens is 202 g/mol. The van der Waals surface area contributed by atoms with Crippen LogP contribution < -0.4 is 11.1 Å². The summed E-state index contributed by atoms with van der Waals surface area (Å²) in [6, 6.07) is 3.66. The molecular formula is C12H19N3O. The molecule has 16 heavy (non-hydrogen) atoms. The van der Waals surface area contributed by atoms with Crippen LogP contribution in [0.15, 0.2) is 18.3 Å². The fraction of sp³-hybridized carbons (Fsp3) is 0.500. The van der Waals surface area contributed by atoms with Gasteiger partial charge in [-0.2, -0.15) is 0 Å². The highest BCUT2D eigenvalue weighted by molar-refractivity contribution is 5.90. The van der Waals surface area contributed by atoms with Crippen molar-refractivity contribution >= 4 is 11.7 Å². The molecule has 0 bridgehead atoms. The molecule has 4 nitrogen and oxygen atoms in total. The molecule has 0 saturated carbocycles. The summed E-state index contributed by atoms with van der Waals surface area (Å²) in [7, 11) is 0. The Labute approximate surface area is 96.3 Å². The molecule has 4 heteroatoms. The maximum Gasteiger partial charge on any atom is 0.227 e. The minimum absolute atomic E-state index is 0.0604. The van der Waals surface area contributed by atoms with E-state index in [2.05, 4.69) is 17.2 Å². The van der Waals surface area contributed by atoms with Gasteiger partial charge in [-0.15, -0.1) is 0 Å². The number of aromatic nitrogens is 1. The Morgan fingerprint density at radius 2 is 2.38 bits per heavy atom. The number of nitrogens with zero attached hydrogens (tertiary/aromatic N) is 1. The highest BCUT2D eigenvalue weighted by atomic mass is 16.1. The molecule has 1 aromatic rings. The third kappa shape index (κ3) is 4.40. The third-order valence-electron chi connectivity index (χ3n) is 2.29. The van der Waals surface area contributed by atoms with Crippen molar-refractivity contribution in [2.24, 2.45) is 5.73 Å². The lowest BCUT2D eigenvalue weighted by Gasteiger charge is -2.10. The van der Waals surface area contributed by atoms with E-state index in [4.69, 9.17) is 5.73 Å². The Balaban J connectivity index is 2.45. The zero-order valence-electron chi connectivity index (χ0n) is 9.86. The van der Waals surface area contributed by atoms with Gasteiger partial charge in [0.2, 0.25) is 5.91 Å². The number of nitrogens with two attached hydrogens (primary N) is 1. The number of amides is 1. The van der Waals surface area contributed by atoms with E-state index in [-0.39, 0.29) is 11.9 Å². The first kappa shape index (κ1) is 12.6. The van der Waals surface area contributed by atoms with E-state index >= 15 is 0 Å². The molecule has 1 unspecified atom stereocenters. The SMILES string of the molecule is CCCC(N)CC(=O)Nc1cc(C)ccn1. The van der Waals surface area contributed by atoms with Gasteiger partial charge in [0, 0.05) is 18.7 Å². The lowest BCUT2D eigenvalue weighted by Crippen LogP contribution is -2.27. The zero-order valence-corrected chi connectivity index (χ0v) is 9.86. The van der Waals surface area contributed by atoms with Crippen LogP contribution >= 0.6 is 0 Å². The Morgan fingerprint density at radius 1 is 1.62 bits per heavy atom. The Kier molecular flexibility index (Phi) is 4.92. The minimum atomic E-state index is -0.0703. The van der Waals surface area contributed by atoms with Gasteiger partial charge in [-0.1, -0.05) is 13.3 Å². The number of hydrogen-bond donors (Lipinski definition) is 2. The lowest BCUT2D eigenvalue weighted by molar-refractivity contribution is -0.116. The summed E-state index contributed by atoms with van der Waals surface area (Å²) in [5.41, 5.74) is 6.86. The number of nitrogens with one attached hydrogen (secondary N) is 1. The second-order valence-corrected chi connectivity index (χ2v) is 4.02. The number of carbonyl (C=O) groups is 1. The van der Waals surface area contributed by atoms with Crippen molar-refractivity contribution in [2.45, 2.75) is 39.2 Å². The average molecular weight is 221 g/mol. The molecule has 0 spiro atoms. The van der Waals surface area contributed by atoms with Gasteiger partial charge in [0.05, 0.1) is 0 Å². The molecule has 1 rings (SSSR count). The highest BCUT2D eigenvalue weighted by Gasteiger charge is 2.09. The number of anilines is 1. The van der Waals surface area contributed by atoms with Crippen molar-refractivity contribution in [3.63, 3.8) is 0 Å². The van der Waals surface area contributed by atoms with E-state index in [1.807, 2.05) is 19.1 Å². The number of aryl methyl sites for hydroxylation is 1. The van der Waals surface area contributed by atoms with Crippen LogP contribution in [0.4, 0.5) is 5.82 Å². The summed E-state index contributed by atoms with van der Waals surface area (Å²) in [4.78, 5) is 15.6. The quantitative estimate of drug-likeness (QED) is 0.797. The van der Waals surface area contributed by atoms with Crippen LogP contribution in [-0.4, -0.2) is 16.9 Å². The van der Waals surface area contributed by atoms with Gasteiger partial charge in [-0.25, -0.2) is 4.98 Å². The van der Waals surface area contributed by atoms with Crippen LogP contribution in [0, 0.1) is 6.92 Å². The molecule has 0 aliphatic heterocycles. The predicted octanol–water partition coefficient (Wildman–Crippen LogP) is 1.85. The van der Waals surface area contributed by atoms with Crippen molar-refractivity contribution in [2.75, 3.05) is 5.32 Å². The Hall–Kier alpha value is -1.42. The summed E-state index contributed by atoms with van der Waals surface area (Å²) in [5, 5.41) is 2.74. The van der Waals surface area contributed by atoms with E-state index < -0.39 is 0 Å². The van der Waals surface area contributed by atoms with Gasteiger partial charge in [-0.3, -0.25) is 4.79 Å². The molecule has 88 valence electrons. The fourth-order valence-corrected chi connectivity index (χ4v) is 1.51. The Bertz CT molecular complexity index is 352. The van der Waals surface area contributed by atoms with Crippen molar-refractivity contribution in [1.82, 2.24) is 4.98 Å². The van der Waals surface area contributed by atoms with Crippen LogP contribution in [0.3, 0.4) is 0 Å². The fourth-order valence-electron chi connectivity index (χ4n) is 1.51. The van der Waals surface area contributed by atoms with E-state index in [1.165, 1.54) is 0 Å². The molecule has 0 aromatic carbocycles. The topological polar surface area (TPSA) is 68.0 Å². The van der Waals surface area contributed by atoms with Crippen LogP contribution in [0.25, 0.3) is 0 Å². The van der Waals surface area contributed by atoms with Crippen LogP contribution in [0.5, 0.6) is 0 Å². The Morgan fingerprint density at radius 3 is 3.00 bits per heavy atom. The molecule has 1 aromatic heterocycles. The van der Waals surface area contributed by atoms with Crippen molar-refractivity contribution in [3.05, 3.63) is 23.9 Å². The maximum atomic E-state index is 11.6. The van der Waals surface area contributed by atoms with E-state index in [0.717, 1.165) is 18.4 Å². The molecule has 0 fully saturated rings. The molecule has 1 atom stereocenters. The van der Waals surface area contributed by atoms with E-state index in [9.17, 15) is 4.79 Å². The number of hydrogen-bond acceptors (Lipinski definition) is 3. The van der Waals surface area contributed by atoms with E-state index in [0.29, 0.717) is 12.2 Å². The van der Waals surface area contributed by atoms with Gasteiger partial charge in [-0.05, 0) is 31.0 Å². The molecule has 1 heterocycles. The summed E-state index contributed by atoms with van der Waals surface area (Å²) in [6.07, 6.45) is 3.90. The first-order chi connectivity index (χ1) is 7.61. The second-order valence-electron chi connectivity index (χ2n) is 4.02. The van der Waals surface area contributed by atoms with Crippen LogP contribution in [0.2, 0.25) is 0 Å². The van der Waals surface area contributed by atoms with Crippen LogP contribution in [-0.2, 0) is 4.79 Å². The number of pyridine rings is 1.